The normalized spacial score (nSPS) is 21.0. The number of aromatic nitrogens is 1. The Morgan fingerprint density at radius 2 is 2.33 bits per heavy atom. The Balaban J connectivity index is 1.91. The Hall–Kier alpha value is -1.29. The van der Waals surface area contributed by atoms with Crippen molar-refractivity contribution in [3.05, 3.63) is 18.3 Å². The summed E-state index contributed by atoms with van der Waals surface area (Å²) >= 11 is 0. The fraction of sp³-hybridized carbons (Fsp3) is 0.545. The van der Waals surface area contributed by atoms with Crippen molar-refractivity contribution >= 4 is 0 Å². The lowest BCUT2D eigenvalue weighted by atomic mass is 10.2. The van der Waals surface area contributed by atoms with Crippen molar-refractivity contribution in [3.63, 3.8) is 0 Å². The van der Waals surface area contributed by atoms with E-state index in [0.717, 1.165) is 31.6 Å². The molecule has 2 rings (SSSR count). The molecule has 0 spiro atoms. The zero-order chi connectivity index (χ0) is 10.5. The third-order valence-corrected chi connectivity index (χ3v) is 2.32. The van der Waals surface area contributed by atoms with Gasteiger partial charge < -0.3 is 14.2 Å². The summed E-state index contributed by atoms with van der Waals surface area (Å²) in [5, 5.41) is 0. The lowest BCUT2D eigenvalue weighted by molar-refractivity contribution is -0.106. The van der Waals surface area contributed by atoms with Gasteiger partial charge in [0.25, 0.3) is 0 Å². The summed E-state index contributed by atoms with van der Waals surface area (Å²) in [6, 6.07) is 3.61. The van der Waals surface area contributed by atoms with Gasteiger partial charge in [0.15, 0.2) is 6.29 Å². The van der Waals surface area contributed by atoms with E-state index in [0.29, 0.717) is 5.88 Å². The van der Waals surface area contributed by atoms with Gasteiger partial charge in [0, 0.05) is 12.5 Å². The molecule has 0 radical (unpaired) electrons. The van der Waals surface area contributed by atoms with Crippen LogP contribution in [0.2, 0.25) is 0 Å². The number of nitrogens with zero attached hydrogens (tertiary/aromatic N) is 1. The first kappa shape index (κ1) is 10.2. The zero-order valence-corrected chi connectivity index (χ0v) is 8.81. The molecule has 1 aliphatic heterocycles. The molecule has 0 amide bonds. The van der Waals surface area contributed by atoms with Crippen LogP contribution < -0.4 is 9.47 Å². The summed E-state index contributed by atoms with van der Waals surface area (Å²) in [7, 11) is 1.59. The summed E-state index contributed by atoms with van der Waals surface area (Å²) in [4.78, 5) is 4.06. The molecule has 1 aliphatic rings. The van der Waals surface area contributed by atoms with Gasteiger partial charge in [0.05, 0.1) is 19.9 Å². The van der Waals surface area contributed by atoms with E-state index in [4.69, 9.17) is 14.2 Å². The molecule has 0 aromatic carbocycles. The molecule has 1 aromatic rings. The molecule has 0 aliphatic carbocycles. The van der Waals surface area contributed by atoms with Gasteiger partial charge in [-0.25, -0.2) is 4.98 Å². The summed E-state index contributed by atoms with van der Waals surface area (Å²) in [5.74, 6) is 1.31. The Bertz CT molecular complexity index is 293. The standard InChI is InChI=1S/C11H15NO3/c1-13-10-6-5-9(8-12-10)15-11-4-2-3-7-14-11/h5-6,8,11H,2-4,7H2,1H3/t11-/m0/s1. The third kappa shape index (κ3) is 2.83. The van der Waals surface area contributed by atoms with Gasteiger partial charge >= 0.3 is 0 Å². The van der Waals surface area contributed by atoms with Crippen molar-refractivity contribution in [3.8, 4) is 11.6 Å². The number of hydrogen-bond donors (Lipinski definition) is 0. The molecule has 0 N–H and O–H groups in total. The van der Waals surface area contributed by atoms with Crippen LogP contribution in [-0.2, 0) is 4.74 Å². The van der Waals surface area contributed by atoms with E-state index in [1.54, 1.807) is 19.4 Å². The van der Waals surface area contributed by atoms with Gasteiger partial charge in [-0.2, -0.15) is 0 Å². The predicted octanol–water partition coefficient (Wildman–Crippen LogP) is 2.00. The minimum Gasteiger partial charge on any atom is -0.481 e. The molecule has 15 heavy (non-hydrogen) atoms. The zero-order valence-electron chi connectivity index (χ0n) is 8.81. The highest BCUT2D eigenvalue weighted by atomic mass is 16.7. The highest BCUT2D eigenvalue weighted by Crippen LogP contribution is 2.19. The average molecular weight is 209 g/mol. The molecule has 82 valence electrons. The Labute approximate surface area is 89.2 Å². The second-order valence-corrected chi connectivity index (χ2v) is 3.45. The number of pyridine rings is 1. The molecule has 1 fully saturated rings. The highest BCUT2D eigenvalue weighted by molar-refractivity contribution is 5.22. The summed E-state index contributed by atoms with van der Waals surface area (Å²) < 4.78 is 16.0. The molecule has 0 unspecified atom stereocenters. The molecule has 1 aromatic heterocycles. The summed E-state index contributed by atoms with van der Waals surface area (Å²) in [6.45, 7) is 0.786. The van der Waals surface area contributed by atoms with Crippen LogP contribution in [0.1, 0.15) is 19.3 Å². The molecule has 1 atom stereocenters. The second kappa shape index (κ2) is 4.98. The first-order chi connectivity index (χ1) is 7.38. The molecular weight excluding hydrogens is 194 g/mol. The van der Waals surface area contributed by atoms with E-state index >= 15 is 0 Å². The third-order valence-electron chi connectivity index (χ3n) is 2.32. The van der Waals surface area contributed by atoms with E-state index in [1.807, 2.05) is 6.07 Å². The van der Waals surface area contributed by atoms with Gasteiger partial charge in [-0.05, 0) is 18.9 Å². The Kier molecular flexibility index (Phi) is 3.40. The molecule has 0 bridgehead atoms. The van der Waals surface area contributed by atoms with E-state index in [1.165, 1.54) is 0 Å². The van der Waals surface area contributed by atoms with Gasteiger partial charge in [0.1, 0.15) is 5.75 Å². The van der Waals surface area contributed by atoms with Crippen LogP contribution in [0.5, 0.6) is 11.6 Å². The van der Waals surface area contributed by atoms with Crippen LogP contribution in [-0.4, -0.2) is 25.0 Å². The number of rotatable bonds is 3. The van der Waals surface area contributed by atoms with Crippen molar-refractivity contribution in [1.82, 2.24) is 4.98 Å². The maximum atomic E-state index is 5.61. The summed E-state index contributed by atoms with van der Waals surface area (Å²) in [5.41, 5.74) is 0. The largest absolute Gasteiger partial charge is 0.481 e. The number of methoxy groups -OCH3 is 1. The molecule has 4 heteroatoms. The minimum atomic E-state index is -0.117. The lowest BCUT2D eigenvalue weighted by Crippen LogP contribution is -2.24. The van der Waals surface area contributed by atoms with Crippen molar-refractivity contribution in [2.24, 2.45) is 0 Å². The highest BCUT2D eigenvalue weighted by Gasteiger charge is 2.15. The number of hydrogen-bond acceptors (Lipinski definition) is 4. The van der Waals surface area contributed by atoms with Gasteiger partial charge in [0.2, 0.25) is 5.88 Å². The van der Waals surface area contributed by atoms with Gasteiger partial charge in [-0.15, -0.1) is 0 Å². The molecule has 1 saturated heterocycles. The topological polar surface area (TPSA) is 40.6 Å². The lowest BCUT2D eigenvalue weighted by Gasteiger charge is -2.23. The number of ether oxygens (including phenoxy) is 3. The van der Waals surface area contributed by atoms with Gasteiger partial charge in [-0.1, -0.05) is 0 Å². The fourth-order valence-corrected chi connectivity index (χ4v) is 1.51. The SMILES string of the molecule is COc1ccc(O[C@H]2CCCCO2)cn1. The van der Waals surface area contributed by atoms with E-state index < -0.39 is 0 Å². The van der Waals surface area contributed by atoms with Crippen molar-refractivity contribution in [1.29, 1.82) is 0 Å². The molecule has 0 saturated carbocycles. The molecule has 4 nitrogen and oxygen atoms in total. The monoisotopic (exact) mass is 209 g/mol. The maximum Gasteiger partial charge on any atom is 0.213 e. The van der Waals surface area contributed by atoms with E-state index in [9.17, 15) is 0 Å². The van der Waals surface area contributed by atoms with Crippen LogP contribution in [0.15, 0.2) is 18.3 Å². The smallest absolute Gasteiger partial charge is 0.213 e. The van der Waals surface area contributed by atoms with Crippen LogP contribution in [0, 0.1) is 0 Å². The van der Waals surface area contributed by atoms with Crippen molar-refractivity contribution in [2.75, 3.05) is 13.7 Å². The quantitative estimate of drug-likeness (QED) is 0.763. The average Bonchev–Trinajstić information content (AvgIpc) is 2.31. The van der Waals surface area contributed by atoms with Crippen LogP contribution in [0.4, 0.5) is 0 Å². The maximum absolute atomic E-state index is 5.61. The van der Waals surface area contributed by atoms with Gasteiger partial charge in [-0.3, -0.25) is 0 Å². The fourth-order valence-electron chi connectivity index (χ4n) is 1.51. The van der Waals surface area contributed by atoms with Crippen LogP contribution >= 0.6 is 0 Å². The van der Waals surface area contributed by atoms with Crippen LogP contribution in [0.25, 0.3) is 0 Å². The molecular formula is C11H15NO3. The van der Waals surface area contributed by atoms with E-state index in [-0.39, 0.29) is 6.29 Å². The molecule has 2 heterocycles. The first-order valence-electron chi connectivity index (χ1n) is 5.17. The second-order valence-electron chi connectivity index (χ2n) is 3.45. The van der Waals surface area contributed by atoms with Crippen LogP contribution in [0.3, 0.4) is 0 Å². The van der Waals surface area contributed by atoms with E-state index in [2.05, 4.69) is 4.98 Å². The predicted molar refractivity (Wildman–Crippen MR) is 55.0 cm³/mol. The first-order valence-corrected chi connectivity index (χ1v) is 5.17. The Morgan fingerprint density at radius 1 is 1.40 bits per heavy atom. The Morgan fingerprint density at radius 3 is 2.93 bits per heavy atom. The van der Waals surface area contributed by atoms with Crippen molar-refractivity contribution < 1.29 is 14.2 Å². The van der Waals surface area contributed by atoms with Crippen molar-refractivity contribution in [2.45, 2.75) is 25.6 Å². The minimum absolute atomic E-state index is 0.117. The summed E-state index contributed by atoms with van der Waals surface area (Å²) in [6.07, 6.45) is 4.77.